The van der Waals surface area contributed by atoms with Crippen molar-refractivity contribution in [2.45, 2.75) is 20.3 Å². The highest BCUT2D eigenvalue weighted by atomic mass is 16.5. The summed E-state index contributed by atoms with van der Waals surface area (Å²) in [4.78, 5) is 8.90. The van der Waals surface area contributed by atoms with Crippen molar-refractivity contribution in [2.75, 3.05) is 7.11 Å². The lowest BCUT2D eigenvalue weighted by molar-refractivity contribution is 0.416. The van der Waals surface area contributed by atoms with Crippen molar-refractivity contribution in [3.8, 4) is 5.75 Å². The summed E-state index contributed by atoms with van der Waals surface area (Å²) in [6.45, 7) is 4.02. The summed E-state index contributed by atoms with van der Waals surface area (Å²) in [7, 11) is 3.66. The maximum atomic E-state index is 5.32. The van der Waals surface area contributed by atoms with Gasteiger partial charge in [0.05, 0.1) is 12.8 Å². The van der Waals surface area contributed by atoms with Crippen LogP contribution >= 0.6 is 0 Å². The van der Waals surface area contributed by atoms with Gasteiger partial charge in [-0.05, 0) is 31.5 Å². The molecule has 0 unspecified atom stereocenters. The Balaban J connectivity index is 2.13. The van der Waals surface area contributed by atoms with Crippen LogP contribution in [0.3, 0.4) is 0 Å². The SMILES string of the molecule is COc1cc(C)ccc1N=CCc1nc(C)cn1C. The van der Waals surface area contributed by atoms with Gasteiger partial charge in [-0.3, -0.25) is 4.99 Å². The number of rotatable bonds is 4. The molecule has 0 aliphatic rings. The van der Waals surface area contributed by atoms with Crippen LogP contribution in [0.25, 0.3) is 0 Å². The fraction of sp³-hybridized carbons (Fsp3) is 0.333. The van der Waals surface area contributed by atoms with E-state index in [1.54, 1.807) is 7.11 Å². The van der Waals surface area contributed by atoms with Crippen LogP contribution in [0.4, 0.5) is 5.69 Å². The zero-order valence-electron chi connectivity index (χ0n) is 11.8. The van der Waals surface area contributed by atoms with E-state index < -0.39 is 0 Å². The largest absolute Gasteiger partial charge is 0.494 e. The first-order valence-electron chi connectivity index (χ1n) is 6.26. The molecule has 4 heteroatoms. The molecule has 0 aliphatic heterocycles. The van der Waals surface area contributed by atoms with Crippen LogP contribution in [0.2, 0.25) is 0 Å². The quantitative estimate of drug-likeness (QED) is 0.790. The van der Waals surface area contributed by atoms with E-state index in [0.29, 0.717) is 6.42 Å². The van der Waals surface area contributed by atoms with Crippen LogP contribution < -0.4 is 4.74 Å². The standard InChI is InChI=1S/C15H19N3O/c1-11-5-6-13(14(9-11)19-4)16-8-7-15-17-12(2)10-18(15)3/h5-6,8-10H,7H2,1-4H3. The van der Waals surface area contributed by atoms with Crippen molar-refractivity contribution in [3.63, 3.8) is 0 Å². The van der Waals surface area contributed by atoms with Gasteiger partial charge in [-0.2, -0.15) is 0 Å². The molecule has 4 nitrogen and oxygen atoms in total. The van der Waals surface area contributed by atoms with Crippen molar-refractivity contribution in [1.29, 1.82) is 0 Å². The summed E-state index contributed by atoms with van der Waals surface area (Å²) in [5.41, 5.74) is 3.04. The molecule has 0 amide bonds. The Morgan fingerprint density at radius 3 is 2.79 bits per heavy atom. The summed E-state index contributed by atoms with van der Waals surface area (Å²) in [5, 5.41) is 0. The number of benzene rings is 1. The van der Waals surface area contributed by atoms with E-state index in [4.69, 9.17) is 4.74 Å². The second-order valence-electron chi connectivity index (χ2n) is 4.60. The fourth-order valence-corrected chi connectivity index (χ4v) is 1.97. The molecular formula is C15H19N3O. The van der Waals surface area contributed by atoms with Crippen LogP contribution in [0.5, 0.6) is 5.75 Å². The molecule has 0 atom stereocenters. The Morgan fingerprint density at radius 2 is 2.16 bits per heavy atom. The first kappa shape index (κ1) is 13.3. The van der Waals surface area contributed by atoms with Gasteiger partial charge in [0.25, 0.3) is 0 Å². The van der Waals surface area contributed by atoms with Crippen LogP contribution in [0, 0.1) is 13.8 Å². The van der Waals surface area contributed by atoms with Gasteiger partial charge in [0.1, 0.15) is 17.3 Å². The Bertz CT molecular complexity index is 599. The van der Waals surface area contributed by atoms with Crippen molar-refractivity contribution in [2.24, 2.45) is 12.0 Å². The number of nitrogens with zero attached hydrogens (tertiary/aromatic N) is 3. The summed E-state index contributed by atoms with van der Waals surface area (Å²) >= 11 is 0. The molecule has 1 aromatic carbocycles. The molecule has 0 spiro atoms. The van der Waals surface area contributed by atoms with Crippen LogP contribution in [0.15, 0.2) is 29.4 Å². The molecular weight excluding hydrogens is 238 g/mol. The van der Waals surface area contributed by atoms with Crippen LogP contribution in [0.1, 0.15) is 17.1 Å². The topological polar surface area (TPSA) is 39.4 Å². The van der Waals surface area contributed by atoms with Crippen molar-refractivity contribution < 1.29 is 4.74 Å². The number of hydrogen-bond acceptors (Lipinski definition) is 3. The third kappa shape index (κ3) is 3.22. The fourth-order valence-electron chi connectivity index (χ4n) is 1.97. The maximum absolute atomic E-state index is 5.32. The maximum Gasteiger partial charge on any atom is 0.144 e. The van der Waals surface area contributed by atoms with Crippen molar-refractivity contribution in [3.05, 3.63) is 41.5 Å². The van der Waals surface area contributed by atoms with E-state index in [9.17, 15) is 0 Å². The second-order valence-corrected chi connectivity index (χ2v) is 4.60. The highest BCUT2D eigenvalue weighted by molar-refractivity contribution is 5.68. The molecule has 0 radical (unpaired) electrons. The van der Waals surface area contributed by atoms with E-state index >= 15 is 0 Å². The summed E-state index contributed by atoms with van der Waals surface area (Å²) in [6, 6.07) is 5.98. The van der Waals surface area contributed by atoms with Crippen molar-refractivity contribution >= 4 is 11.9 Å². The molecule has 1 aromatic heterocycles. The Morgan fingerprint density at radius 1 is 1.37 bits per heavy atom. The summed E-state index contributed by atoms with van der Waals surface area (Å²) in [6.07, 6.45) is 4.59. The van der Waals surface area contributed by atoms with Gasteiger partial charge in [0, 0.05) is 25.9 Å². The van der Waals surface area contributed by atoms with Crippen LogP contribution in [-0.2, 0) is 13.5 Å². The molecule has 0 fully saturated rings. The van der Waals surface area contributed by atoms with Gasteiger partial charge in [0.15, 0.2) is 0 Å². The molecule has 0 aliphatic carbocycles. The monoisotopic (exact) mass is 257 g/mol. The smallest absolute Gasteiger partial charge is 0.144 e. The highest BCUT2D eigenvalue weighted by Crippen LogP contribution is 2.27. The average molecular weight is 257 g/mol. The lowest BCUT2D eigenvalue weighted by atomic mass is 10.2. The molecule has 0 saturated carbocycles. The number of aryl methyl sites for hydroxylation is 3. The molecule has 19 heavy (non-hydrogen) atoms. The predicted octanol–water partition coefficient (Wildman–Crippen LogP) is 2.99. The van der Waals surface area contributed by atoms with E-state index in [2.05, 4.69) is 9.98 Å². The predicted molar refractivity (Wildman–Crippen MR) is 77.5 cm³/mol. The number of hydrogen-bond donors (Lipinski definition) is 0. The normalized spacial score (nSPS) is 11.2. The average Bonchev–Trinajstić information content (AvgIpc) is 2.69. The van der Waals surface area contributed by atoms with Gasteiger partial charge in [-0.1, -0.05) is 6.07 Å². The minimum Gasteiger partial charge on any atom is -0.494 e. The van der Waals surface area contributed by atoms with Gasteiger partial charge in [-0.15, -0.1) is 0 Å². The number of methoxy groups -OCH3 is 1. The lowest BCUT2D eigenvalue weighted by Gasteiger charge is -2.04. The first-order valence-corrected chi connectivity index (χ1v) is 6.26. The highest BCUT2D eigenvalue weighted by Gasteiger charge is 2.02. The number of aliphatic imine (C=N–C) groups is 1. The Hall–Kier alpha value is -2.10. The van der Waals surface area contributed by atoms with Crippen LogP contribution in [-0.4, -0.2) is 22.9 Å². The van der Waals surface area contributed by atoms with Gasteiger partial charge in [0.2, 0.25) is 0 Å². The molecule has 0 saturated heterocycles. The molecule has 0 N–H and O–H groups in total. The van der Waals surface area contributed by atoms with E-state index in [-0.39, 0.29) is 0 Å². The molecule has 0 bridgehead atoms. The molecule has 2 aromatic rings. The van der Waals surface area contributed by atoms with E-state index in [0.717, 1.165) is 28.5 Å². The third-order valence-electron chi connectivity index (χ3n) is 2.93. The lowest BCUT2D eigenvalue weighted by Crippen LogP contribution is -1.97. The summed E-state index contributed by atoms with van der Waals surface area (Å²) in [5.74, 6) is 1.81. The second kappa shape index (κ2) is 5.69. The molecule has 2 rings (SSSR count). The first-order chi connectivity index (χ1) is 9.10. The zero-order valence-corrected chi connectivity index (χ0v) is 11.8. The van der Waals surface area contributed by atoms with E-state index in [1.807, 2.05) is 56.1 Å². The number of ether oxygens (including phenoxy) is 1. The van der Waals surface area contributed by atoms with Gasteiger partial charge >= 0.3 is 0 Å². The van der Waals surface area contributed by atoms with Crippen molar-refractivity contribution in [1.82, 2.24) is 9.55 Å². The van der Waals surface area contributed by atoms with Gasteiger partial charge < -0.3 is 9.30 Å². The Labute approximate surface area is 113 Å². The van der Waals surface area contributed by atoms with Gasteiger partial charge in [-0.25, -0.2) is 4.98 Å². The minimum absolute atomic E-state index is 0.710. The third-order valence-corrected chi connectivity index (χ3v) is 2.93. The minimum atomic E-state index is 0.710. The summed E-state index contributed by atoms with van der Waals surface area (Å²) < 4.78 is 7.34. The van der Waals surface area contributed by atoms with E-state index in [1.165, 1.54) is 0 Å². The molecule has 100 valence electrons. The molecule has 1 heterocycles. The number of aromatic nitrogens is 2. The Kier molecular flexibility index (Phi) is 4.00. The zero-order chi connectivity index (χ0) is 13.8. The number of imidazole rings is 1.